The van der Waals surface area contributed by atoms with Crippen molar-refractivity contribution in [3.8, 4) is 35.0 Å². The van der Waals surface area contributed by atoms with Crippen LogP contribution in [0.1, 0.15) is 71.3 Å². The van der Waals surface area contributed by atoms with Crippen LogP contribution in [0.15, 0.2) is 24.3 Å². The van der Waals surface area contributed by atoms with Crippen LogP contribution >= 0.6 is 0 Å². The van der Waals surface area contributed by atoms with Crippen LogP contribution in [0, 0.1) is 33.8 Å². The van der Waals surface area contributed by atoms with E-state index in [0.29, 0.717) is 54.6 Å². The minimum Gasteiger partial charge on any atom is -0.508 e. The Hall–Kier alpha value is -4.38. The quantitative estimate of drug-likeness (QED) is 0.200. The number of halogens is 2. The SMILES string of the molecule is CCc1c(F)ccc2cc(O)cc(-c3nc(OC)c4c(N5CCOCC(C)(O)C5)nc(OCC56CCCC5N(C5CC(C)(C#N)C5)CCC6)nc4c3F)c12. The molecule has 2 N–H and O–H groups in total. The number of hydrogen-bond acceptors (Lipinski definition) is 11. The molecule has 3 atom stereocenters. The molecular formula is C41H48F2N6O5. The van der Waals surface area contributed by atoms with Crippen LogP contribution in [0.3, 0.4) is 0 Å². The molecule has 4 aromatic rings. The third kappa shape index (κ3) is 6.26. The molecule has 2 saturated heterocycles. The molecule has 8 rings (SSSR count). The number of methoxy groups -OCH3 is 1. The van der Waals surface area contributed by atoms with Crippen LogP contribution in [0.25, 0.3) is 32.9 Å². The molecular weight excluding hydrogens is 694 g/mol. The molecule has 4 fully saturated rings. The summed E-state index contributed by atoms with van der Waals surface area (Å²) < 4.78 is 50.7. The van der Waals surface area contributed by atoms with E-state index in [1.165, 1.54) is 25.3 Å². The lowest BCUT2D eigenvalue weighted by Crippen LogP contribution is -2.60. The largest absolute Gasteiger partial charge is 0.508 e. The molecule has 13 heteroatoms. The Balaban J connectivity index is 1.25. The number of nitriles is 1. The lowest BCUT2D eigenvalue weighted by Gasteiger charge is -2.54. The first-order valence-electron chi connectivity index (χ1n) is 19.1. The molecule has 2 aliphatic carbocycles. The Bertz CT molecular complexity index is 2150. The lowest BCUT2D eigenvalue weighted by atomic mass is 9.65. The zero-order valence-electron chi connectivity index (χ0n) is 31.4. The van der Waals surface area contributed by atoms with Crippen molar-refractivity contribution in [2.24, 2.45) is 10.8 Å². The van der Waals surface area contributed by atoms with Crippen molar-refractivity contribution in [2.45, 2.75) is 89.8 Å². The summed E-state index contributed by atoms with van der Waals surface area (Å²) >= 11 is 0. The second kappa shape index (κ2) is 13.7. The van der Waals surface area contributed by atoms with Crippen LogP contribution in [0.5, 0.6) is 17.6 Å². The Morgan fingerprint density at radius 1 is 1.07 bits per heavy atom. The molecule has 0 spiro atoms. The van der Waals surface area contributed by atoms with E-state index in [9.17, 15) is 15.5 Å². The number of aromatic hydroxyl groups is 1. The van der Waals surface area contributed by atoms with Crippen molar-refractivity contribution in [3.05, 3.63) is 41.5 Å². The van der Waals surface area contributed by atoms with Gasteiger partial charge in [-0.05, 0) is 99.9 Å². The Morgan fingerprint density at radius 3 is 2.63 bits per heavy atom. The number of piperidine rings is 1. The molecule has 4 aliphatic rings. The number of fused-ring (bicyclic) bond motifs is 3. The van der Waals surface area contributed by atoms with Crippen molar-refractivity contribution in [2.75, 3.05) is 51.5 Å². The normalized spacial score (nSPS) is 28.7. The fourth-order valence-corrected chi connectivity index (χ4v) is 9.83. The highest BCUT2D eigenvalue weighted by molar-refractivity contribution is 6.03. The fraction of sp³-hybridized carbons (Fsp3) is 0.561. The number of nitrogens with zero attached hydrogens (tertiary/aromatic N) is 6. The minimum atomic E-state index is -1.24. The van der Waals surface area contributed by atoms with Gasteiger partial charge < -0.3 is 29.3 Å². The maximum atomic E-state index is 17.4. The maximum absolute atomic E-state index is 17.4. The van der Waals surface area contributed by atoms with Gasteiger partial charge in [-0.3, -0.25) is 4.90 Å². The van der Waals surface area contributed by atoms with Crippen molar-refractivity contribution >= 4 is 27.5 Å². The van der Waals surface area contributed by atoms with Crippen LogP contribution in [-0.4, -0.2) is 94.3 Å². The molecule has 2 aromatic heterocycles. The molecule has 4 heterocycles. The first-order chi connectivity index (χ1) is 25.9. The van der Waals surface area contributed by atoms with E-state index in [2.05, 4.69) is 16.0 Å². The summed E-state index contributed by atoms with van der Waals surface area (Å²) in [4.78, 5) is 18.7. The van der Waals surface area contributed by atoms with Crippen LogP contribution in [0.2, 0.25) is 0 Å². The Kier molecular flexibility index (Phi) is 9.30. The maximum Gasteiger partial charge on any atom is 0.319 e. The number of pyridine rings is 1. The monoisotopic (exact) mass is 742 g/mol. The summed E-state index contributed by atoms with van der Waals surface area (Å²) in [5, 5.41) is 32.8. The van der Waals surface area contributed by atoms with Gasteiger partial charge in [0.05, 0.1) is 45.0 Å². The number of anilines is 1. The summed E-state index contributed by atoms with van der Waals surface area (Å²) in [5.41, 5.74) is -1.35. The highest BCUT2D eigenvalue weighted by Crippen LogP contribution is 2.53. The van der Waals surface area contributed by atoms with Crippen LogP contribution in [0.4, 0.5) is 14.6 Å². The van der Waals surface area contributed by atoms with Gasteiger partial charge in [0.15, 0.2) is 5.82 Å². The number of aromatic nitrogens is 3. The molecule has 54 heavy (non-hydrogen) atoms. The van der Waals surface area contributed by atoms with Crippen molar-refractivity contribution < 1.29 is 33.2 Å². The van der Waals surface area contributed by atoms with Gasteiger partial charge in [0.25, 0.3) is 0 Å². The fourth-order valence-electron chi connectivity index (χ4n) is 9.83. The number of aliphatic hydroxyl groups is 1. The first-order valence-corrected chi connectivity index (χ1v) is 19.1. The van der Waals surface area contributed by atoms with E-state index in [-0.39, 0.29) is 69.6 Å². The van der Waals surface area contributed by atoms with Gasteiger partial charge in [-0.1, -0.05) is 19.4 Å². The number of likely N-dealkylation sites (tertiary alicyclic amines) is 1. The number of phenols is 1. The lowest BCUT2D eigenvalue weighted by molar-refractivity contribution is -0.0629. The number of aryl methyl sites for hydroxylation is 1. The molecule has 11 nitrogen and oxygen atoms in total. The zero-order valence-corrected chi connectivity index (χ0v) is 31.4. The van der Waals surface area contributed by atoms with Gasteiger partial charge in [-0.25, -0.2) is 13.8 Å². The predicted octanol–water partition coefficient (Wildman–Crippen LogP) is 6.69. The van der Waals surface area contributed by atoms with Gasteiger partial charge in [0, 0.05) is 29.6 Å². The molecule has 2 saturated carbocycles. The highest BCUT2D eigenvalue weighted by atomic mass is 19.1. The Labute approximate surface area is 313 Å². The summed E-state index contributed by atoms with van der Waals surface area (Å²) in [6, 6.07) is 8.96. The van der Waals surface area contributed by atoms with Crippen molar-refractivity contribution in [1.29, 1.82) is 5.26 Å². The van der Waals surface area contributed by atoms with E-state index in [1.54, 1.807) is 13.0 Å². The standard InChI is InChI=1S/C41H48F2N6O5/c1-5-27-29(42)10-9-24-16-26(50)17-28(31(24)27)34-33(43)35-32(37(45-34)52-4)36(48-14-15-53-22-40(3,51)21-48)47-38(46-35)54-23-41-11-6-8-30(41)49(13-7-12-41)25-18-39(2,19-25)20-44/h9-10,16-17,25,30,50-51H,5-8,11-15,18-19,21-23H2,1-4H3. The molecule has 0 amide bonds. The number of phenolic OH excluding ortho intramolecular Hbond substituents is 1. The van der Waals surface area contributed by atoms with Gasteiger partial charge in [-0.15, -0.1) is 0 Å². The van der Waals surface area contributed by atoms with E-state index < -0.39 is 17.2 Å². The van der Waals surface area contributed by atoms with Gasteiger partial charge in [0.2, 0.25) is 5.88 Å². The average Bonchev–Trinajstić information content (AvgIpc) is 3.49. The second-order valence-corrected chi connectivity index (χ2v) is 16.4. The topological polar surface area (TPSA) is 137 Å². The van der Waals surface area contributed by atoms with Crippen LogP contribution in [-0.2, 0) is 11.2 Å². The summed E-state index contributed by atoms with van der Waals surface area (Å²) in [6.45, 7) is 7.75. The Morgan fingerprint density at radius 2 is 1.87 bits per heavy atom. The zero-order chi connectivity index (χ0) is 38.0. The summed E-state index contributed by atoms with van der Waals surface area (Å²) in [6.07, 6.45) is 7.18. The first kappa shape index (κ1) is 36.6. The van der Waals surface area contributed by atoms with E-state index in [1.807, 2.05) is 18.7 Å². The molecule has 0 radical (unpaired) electrons. The van der Waals surface area contributed by atoms with Crippen molar-refractivity contribution in [3.63, 3.8) is 0 Å². The van der Waals surface area contributed by atoms with Gasteiger partial charge in [-0.2, -0.15) is 15.2 Å². The predicted molar refractivity (Wildman–Crippen MR) is 200 cm³/mol. The number of hydrogen-bond donors (Lipinski definition) is 2. The van der Waals surface area contributed by atoms with E-state index in [0.717, 1.165) is 51.5 Å². The minimum absolute atomic E-state index is 0.0145. The molecule has 286 valence electrons. The molecule has 2 aliphatic heterocycles. The third-order valence-electron chi connectivity index (χ3n) is 12.4. The average molecular weight is 743 g/mol. The van der Waals surface area contributed by atoms with Gasteiger partial charge >= 0.3 is 6.01 Å². The number of β-amino-alcohol motifs (C(OH)–C–C–N with tert-alkyl or cyclic N) is 1. The van der Waals surface area contributed by atoms with Crippen LogP contribution < -0.4 is 14.4 Å². The molecule has 0 bridgehead atoms. The highest BCUT2D eigenvalue weighted by Gasteiger charge is 2.54. The number of rotatable bonds is 8. The molecule has 3 unspecified atom stereocenters. The number of ether oxygens (including phenoxy) is 3. The molecule has 2 aromatic carbocycles. The second-order valence-electron chi connectivity index (χ2n) is 16.4. The summed E-state index contributed by atoms with van der Waals surface area (Å²) in [7, 11) is 1.42. The smallest absolute Gasteiger partial charge is 0.319 e. The van der Waals surface area contributed by atoms with E-state index in [4.69, 9.17) is 24.2 Å². The van der Waals surface area contributed by atoms with Gasteiger partial charge in [0.1, 0.15) is 39.6 Å². The third-order valence-corrected chi connectivity index (χ3v) is 12.4. The van der Waals surface area contributed by atoms with Crippen molar-refractivity contribution in [1.82, 2.24) is 19.9 Å². The van der Waals surface area contributed by atoms with E-state index >= 15 is 8.78 Å². The number of benzene rings is 2. The summed E-state index contributed by atoms with van der Waals surface area (Å²) in [5.74, 6) is -1.06.